The number of rotatable bonds is 10. The van der Waals surface area contributed by atoms with Gasteiger partial charge in [0.1, 0.15) is 11.5 Å². The molecule has 0 N–H and O–H groups in total. The number of carbonyl (C=O) groups excluding carboxylic acids is 2. The molecule has 33 heavy (non-hydrogen) atoms. The topological polar surface area (TPSA) is 71.1 Å². The summed E-state index contributed by atoms with van der Waals surface area (Å²) in [6, 6.07) is 19.7. The van der Waals surface area contributed by atoms with Gasteiger partial charge in [-0.2, -0.15) is 0 Å². The molecule has 0 bridgehead atoms. The van der Waals surface area contributed by atoms with E-state index in [-0.39, 0.29) is 18.4 Å². The zero-order valence-electron chi connectivity index (χ0n) is 18.3. The summed E-state index contributed by atoms with van der Waals surface area (Å²) in [5.74, 6) is 2.74. The van der Waals surface area contributed by atoms with Gasteiger partial charge in [-0.1, -0.05) is 12.1 Å². The molecular formula is C27H24O6. The van der Waals surface area contributed by atoms with E-state index in [1.54, 1.807) is 54.6 Å². The fourth-order valence-electron chi connectivity index (χ4n) is 3.23. The number of hydrogen-bond donors (Lipinski definition) is 0. The summed E-state index contributed by atoms with van der Waals surface area (Å²) in [6.45, 7) is 2.75. The number of ether oxygens (including phenoxy) is 4. The maximum atomic E-state index is 12.4. The highest BCUT2D eigenvalue weighted by Crippen LogP contribution is 2.32. The molecule has 1 aliphatic rings. The summed E-state index contributed by atoms with van der Waals surface area (Å²) >= 11 is 0. The Morgan fingerprint density at radius 3 is 2.06 bits per heavy atom. The summed E-state index contributed by atoms with van der Waals surface area (Å²) in [5.41, 5.74) is 2.11. The molecule has 0 saturated carbocycles. The van der Waals surface area contributed by atoms with E-state index in [1.807, 2.05) is 18.2 Å². The molecule has 168 valence electrons. The molecular weight excluding hydrogens is 420 g/mol. The molecule has 3 aromatic rings. The second kappa shape index (κ2) is 10.5. The van der Waals surface area contributed by atoms with E-state index in [0.717, 1.165) is 11.3 Å². The molecule has 0 amide bonds. The number of fused-ring (bicyclic) bond motifs is 1. The fourth-order valence-corrected chi connectivity index (χ4v) is 3.23. The number of ketones is 2. The van der Waals surface area contributed by atoms with Crippen LogP contribution in [0, 0.1) is 0 Å². The first kappa shape index (κ1) is 22.1. The molecule has 0 saturated heterocycles. The maximum Gasteiger partial charge on any atom is 0.231 e. The number of carbonyl (C=O) groups is 2. The minimum Gasteiger partial charge on any atom is -0.493 e. The van der Waals surface area contributed by atoms with Crippen LogP contribution in [0.2, 0.25) is 0 Å². The Hall–Kier alpha value is -4.06. The summed E-state index contributed by atoms with van der Waals surface area (Å²) in [7, 11) is 0. The van der Waals surface area contributed by atoms with Crippen LogP contribution in [0.1, 0.15) is 39.6 Å². The molecule has 3 aromatic carbocycles. The minimum absolute atomic E-state index is 0.0309. The largest absolute Gasteiger partial charge is 0.493 e. The zero-order valence-corrected chi connectivity index (χ0v) is 18.3. The molecule has 4 rings (SSSR count). The predicted molar refractivity (Wildman–Crippen MR) is 124 cm³/mol. The summed E-state index contributed by atoms with van der Waals surface area (Å²) in [5, 5.41) is 0. The van der Waals surface area contributed by atoms with Crippen molar-refractivity contribution in [2.75, 3.05) is 20.0 Å². The zero-order chi connectivity index (χ0) is 23.0. The van der Waals surface area contributed by atoms with Crippen molar-refractivity contribution in [2.45, 2.75) is 13.3 Å². The van der Waals surface area contributed by atoms with Gasteiger partial charge in [-0.15, -0.1) is 0 Å². The van der Waals surface area contributed by atoms with E-state index >= 15 is 0 Å². The molecule has 0 unspecified atom stereocenters. The van der Waals surface area contributed by atoms with Gasteiger partial charge in [-0.05, 0) is 79.2 Å². The van der Waals surface area contributed by atoms with Crippen molar-refractivity contribution in [3.8, 4) is 23.0 Å². The Kier molecular flexibility index (Phi) is 7.05. The summed E-state index contributed by atoms with van der Waals surface area (Å²) in [6.07, 6.45) is 3.99. The van der Waals surface area contributed by atoms with Crippen LogP contribution >= 0.6 is 0 Å². The third-order valence-corrected chi connectivity index (χ3v) is 5.05. The van der Waals surface area contributed by atoms with E-state index in [0.29, 0.717) is 48.0 Å². The third kappa shape index (κ3) is 6.01. The van der Waals surface area contributed by atoms with Crippen LogP contribution in [0.5, 0.6) is 23.0 Å². The normalized spacial score (nSPS) is 12.0. The highest BCUT2D eigenvalue weighted by molar-refractivity contribution is 6.06. The number of hydrogen-bond acceptors (Lipinski definition) is 6. The van der Waals surface area contributed by atoms with Crippen molar-refractivity contribution in [1.82, 2.24) is 0 Å². The van der Waals surface area contributed by atoms with Crippen LogP contribution in [0.4, 0.5) is 0 Å². The van der Waals surface area contributed by atoms with E-state index in [2.05, 4.69) is 0 Å². The van der Waals surface area contributed by atoms with E-state index in [9.17, 15) is 9.59 Å². The van der Waals surface area contributed by atoms with E-state index < -0.39 is 0 Å². The molecule has 1 heterocycles. The summed E-state index contributed by atoms with van der Waals surface area (Å²) < 4.78 is 22.0. The van der Waals surface area contributed by atoms with Crippen LogP contribution in [-0.4, -0.2) is 31.6 Å². The quantitative estimate of drug-likeness (QED) is 0.238. The lowest BCUT2D eigenvalue weighted by Crippen LogP contribution is -2.05. The lowest BCUT2D eigenvalue weighted by molar-refractivity contribution is 0.101. The lowest BCUT2D eigenvalue weighted by Gasteiger charge is -2.08. The summed E-state index contributed by atoms with van der Waals surface area (Å²) in [4.78, 5) is 23.7. The Balaban J connectivity index is 1.20. The molecule has 0 fully saturated rings. The van der Waals surface area contributed by atoms with Crippen molar-refractivity contribution >= 4 is 17.6 Å². The molecule has 6 nitrogen and oxygen atoms in total. The third-order valence-electron chi connectivity index (χ3n) is 5.05. The van der Waals surface area contributed by atoms with E-state index in [1.165, 1.54) is 13.0 Å². The Morgan fingerprint density at radius 2 is 1.42 bits per heavy atom. The van der Waals surface area contributed by atoms with Gasteiger partial charge in [-0.3, -0.25) is 9.59 Å². The average Bonchev–Trinajstić information content (AvgIpc) is 3.31. The second-order valence-electron chi connectivity index (χ2n) is 7.47. The molecule has 0 atom stereocenters. The molecule has 0 aromatic heterocycles. The Labute approximate surface area is 192 Å². The Morgan fingerprint density at radius 1 is 0.818 bits per heavy atom. The van der Waals surface area contributed by atoms with E-state index in [4.69, 9.17) is 18.9 Å². The standard InChI is InChI=1S/C27H24O6/c1-19(28)21-5-9-23(10-6-21)30-15-2-16-31-24-11-7-22(8-12-24)25(29)13-3-20-4-14-26-27(17-20)33-18-32-26/h3-14,17H,2,15-16,18H2,1H3/b13-3+. The fraction of sp³-hybridized carbons (Fsp3) is 0.185. The SMILES string of the molecule is CC(=O)c1ccc(OCCCOc2ccc(C(=O)/C=C/c3ccc4c(c3)OCO4)cc2)cc1. The Bertz CT molecular complexity index is 1150. The molecule has 0 spiro atoms. The molecule has 6 heteroatoms. The van der Waals surface area contributed by atoms with Gasteiger partial charge >= 0.3 is 0 Å². The number of allylic oxidation sites excluding steroid dienone is 1. The molecule has 0 aliphatic carbocycles. The van der Waals surface area contributed by atoms with Crippen molar-refractivity contribution in [3.05, 3.63) is 89.5 Å². The first-order valence-electron chi connectivity index (χ1n) is 10.7. The van der Waals surface area contributed by atoms with Gasteiger partial charge < -0.3 is 18.9 Å². The van der Waals surface area contributed by atoms with Crippen molar-refractivity contribution in [2.24, 2.45) is 0 Å². The minimum atomic E-state index is -0.0941. The van der Waals surface area contributed by atoms with Gasteiger partial charge in [-0.25, -0.2) is 0 Å². The smallest absolute Gasteiger partial charge is 0.231 e. The second-order valence-corrected chi connectivity index (χ2v) is 7.47. The number of benzene rings is 3. The highest BCUT2D eigenvalue weighted by atomic mass is 16.7. The van der Waals surface area contributed by atoms with Crippen molar-refractivity contribution in [3.63, 3.8) is 0 Å². The predicted octanol–water partition coefficient (Wildman–Crippen LogP) is 5.36. The van der Waals surface area contributed by atoms with Crippen LogP contribution in [0.25, 0.3) is 6.08 Å². The van der Waals surface area contributed by atoms with Gasteiger partial charge in [0.15, 0.2) is 23.1 Å². The van der Waals surface area contributed by atoms with Crippen LogP contribution in [0.3, 0.4) is 0 Å². The monoisotopic (exact) mass is 444 g/mol. The first-order chi connectivity index (χ1) is 16.1. The van der Waals surface area contributed by atoms with Crippen LogP contribution < -0.4 is 18.9 Å². The van der Waals surface area contributed by atoms with Crippen LogP contribution in [0.15, 0.2) is 72.8 Å². The van der Waals surface area contributed by atoms with Gasteiger partial charge in [0.2, 0.25) is 6.79 Å². The number of Topliss-reactive ketones (excluding diaryl/α,β-unsaturated/α-hetero) is 1. The van der Waals surface area contributed by atoms with Gasteiger partial charge in [0, 0.05) is 17.5 Å². The van der Waals surface area contributed by atoms with Gasteiger partial charge in [0.25, 0.3) is 0 Å². The average molecular weight is 444 g/mol. The first-order valence-corrected chi connectivity index (χ1v) is 10.7. The van der Waals surface area contributed by atoms with Crippen LogP contribution in [-0.2, 0) is 0 Å². The molecule has 0 radical (unpaired) electrons. The van der Waals surface area contributed by atoms with Crippen molar-refractivity contribution < 1.29 is 28.5 Å². The van der Waals surface area contributed by atoms with Gasteiger partial charge in [0.05, 0.1) is 13.2 Å². The van der Waals surface area contributed by atoms with Crippen molar-refractivity contribution in [1.29, 1.82) is 0 Å². The lowest BCUT2D eigenvalue weighted by atomic mass is 10.1. The maximum absolute atomic E-state index is 12.4. The highest BCUT2D eigenvalue weighted by Gasteiger charge is 2.12. The molecule has 1 aliphatic heterocycles.